The maximum absolute atomic E-state index is 5.89. The quantitative estimate of drug-likeness (QED) is 0.843. The lowest BCUT2D eigenvalue weighted by Crippen LogP contribution is -2.38. The lowest BCUT2D eigenvalue weighted by Gasteiger charge is -2.26. The first-order valence-corrected chi connectivity index (χ1v) is 7.60. The molecule has 5 nitrogen and oxygen atoms in total. The van der Waals surface area contributed by atoms with Crippen molar-refractivity contribution in [2.24, 2.45) is 5.73 Å². The van der Waals surface area contributed by atoms with Crippen LogP contribution in [0.5, 0.6) is 5.75 Å². The zero-order valence-corrected chi connectivity index (χ0v) is 12.3. The molecule has 3 N–H and O–H groups in total. The van der Waals surface area contributed by atoms with Gasteiger partial charge < -0.3 is 20.2 Å². The fourth-order valence-electron chi connectivity index (χ4n) is 2.73. The van der Waals surface area contributed by atoms with E-state index in [1.165, 1.54) is 10.9 Å². The van der Waals surface area contributed by atoms with Crippen molar-refractivity contribution in [3.8, 4) is 5.75 Å². The highest BCUT2D eigenvalue weighted by atomic mass is 16.5. The van der Waals surface area contributed by atoms with Gasteiger partial charge in [-0.15, -0.1) is 0 Å². The minimum atomic E-state index is 0.662. The number of benzene rings is 1. The average Bonchev–Trinajstić information content (AvgIpc) is 2.92. The van der Waals surface area contributed by atoms with Crippen LogP contribution in [0.2, 0.25) is 0 Å². The van der Waals surface area contributed by atoms with Crippen molar-refractivity contribution in [2.75, 3.05) is 46.0 Å². The van der Waals surface area contributed by atoms with E-state index in [-0.39, 0.29) is 0 Å². The van der Waals surface area contributed by atoms with Crippen LogP contribution in [-0.2, 0) is 11.2 Å². The Hall–Kier alpha value is -1.56. The monoisotopic (exact) mass is 289 g/mol. The van der Waals surface area contributed by atoms with Gasteiger partial charge in [-0.2, -0.15) is 0 Å². The third kappa shape index (κ3) is 3.56. The fraction of sp³-hybridized carbons (Fsp3) is 0.500. The van der Waals surface area contributed by atoms with Crippen LogP contribution < -0.4 is 10.5 Å². The predicted octanol–water partition coefficient (Wildman–Crippen LogP) is 1.38. The molecule has 114 valence electrons. The molecular weight excluding hydrogens is 266 g/mol. The minimum Gasteiger partial charge on any atom is -0.492 e. The van der Waals surface area contributed by atoms with Gasteiger partial charge in [0.25, 0.3) is 0 Å². The second kappa shape index (κ2) is 6.93. The molecule has 2 aromatic rings. The van der Waals surface area contributed by atoms with Crippen LogP contribution >= 0.6 is 0 Å². The second-order valence-corrected chi connectivity index (χ2v) is 5.36. The molecule has 0 radical (unpaired) electrons. The number of aromatic amines is 1. The van der Waals surface area contributed by atoms with Crippen LogP contribution in [0.25, 0.3) is 10.9 Å². The van der Waals surface area contributed by atoms with Crippen LogP contribution in [0.1, 0.15) is 5.56 Å². The largest absolute Gasteiger partial charge is 0.492 e. The third-order valence-corrected chi connectivity index (χ3v) is 3.93. The van der Waals surface area contributed by atoms with Crippen molar-refractivity contribution in [3.05, 3.63) is 30.0 Å². The summed E-state index contributed by atoms with van der Waals surface area (Å²) in [4.78, 5) is 5.65. The van der Waals surface area contributed by atoms with Crippen LogP contribution in [0.15, 0.2) is 24.4 Å². The molecule has 3 rings (SSSR count). The number of ether oxygens (including phenoxy) is 2. The summed E-state index contributed by atoms with van der Waals surface area (Å²) in [6, 6.07) is 6.19. The molecule has 1 fully saturated rings. The van der Waals surface area contributed by atoms with Crippen LogP contribution in [0.4, 0.5) is 0 Å². The maximum atomic E-state index is 5.89. The smallest absolute Gasteiger partial charge is 0.120 e. The van der Waals surface area contributed by atoms with E-state index < -0.39 is 0 Å². The van der Waals surface area contributed by atoms with E-state index in [4.69, 9.17) is 15.2 Å². The molecule has 0 unspecified atom stereocenters. The molecule has 0 atom stereocenters. The number of nitrogens with two attached hydrogens (primary N) is 1. The van der Waals surface area contributed by atoms with Crippen molar-refractivity contribution < 1.29 is 9.47 Å². The second-order valence-electron chi connectivity index (χ2n) is 5.36. The SMILES string of the molecule is NCCc1c[nH]c2ccc(OCCN3CCOCC3)cc12. The average molecular weight is 289 g/mol. The Balaban J connectivity index is 1.59. The number of hydrogen-bond donors (Lipinski definition) is 2. The van der Waals surface area contributed by atoms with Crippen molar-refractivity contribution in [3.63, 3.8) is 0 Å². The van der Waals surface area contributed by atoms with Crippen LogP contribution in [0, 0.1) is 0 Å². The first-order valence-electron chi connectivity index (χ1n) is 7.60. The van der Waals surface area contributed by atoms with E-state index in [1.54, 1.807) is 0 Å². The number of hydrogen-bond acceptors (Lipinski definition) is 4. The molecule has 1 aromatic heterocycles. The summed E-state index contributed by atoms with van der Waals surface area (Å²) in [5.41, 5.74) is 8.04. The van der Waals surface area contributed by atoms with Crippen molar-refractivity contribution in [2.45, 2.75) is 6.42 Å². The van der Waals surface area contributed by atoms with Crippen molar-refractivity contribution in [1.29, 1.82) is 0 Å². The molecule has 21 heavy (non-hydrogen) atoms. The lowest BCUT2D eigenvalue weighted by atomic mass is 10.1. The molecule has 0 spiro atoms. The molecule has 1 aliphatic rings. The topological polar surface area (TPSA) is 63.5 Å². The molecule has 0 saturated carbocycles. The van der Waals surface area contributed by atoms with Gasteiger partial charge in [-0.3, -0.25) is 4.90 Å². The van der Waals surface area contributed by atoms with Gasteiger partial charge in [0, 0.05) is 36.7 Å². The highest BCUT2D eigenvalue weighted by Gasteiger charge is 2.10. The Labute approximate surface area is 125 Å². The summed E-state index contributed by atoms with van der Waals surface area (Å²) in [6.45, 7) is 5.98. The Morgan fingerprint density at radius 1 is 1.29 bits per heavy atom. The summed E-state index contributed by atoms with van der Waals surface area (Å²) in [7, 11) is 0. The molecule has 2 heterocycles. The molecule has 1 aliphatic heterocycles. The van der Waals surface area contributed by atoms with Crippen molar-refractivity contribution >= 4 is 10.9 Å². The minimum absolute atomic E-state index is 0.662. The zero-order chi connectivity index (χ0) is 14.5. The third-order valence-electron chi connectivity index (χ3n) is 3.93. The Morgan fingerprint density at radius 3 is 2.95 bits per heavy atom. The van der Waals surface area contributed by atoms with Crippen LogP contribution in [-0.4, -0.2) is 55.9 Å². The van der Waals surface area contributed by atoms with Crippen molar-refractivity contribution in [1.82, 2.24) is 9.88 Å². The number of fused-ring (bicyclic) bond motifs is 1. The lowest BCUT2D eigenvalue weighted by molar-refractivity contribution is 0.0322. The Kier molecular flexibility index (Phi) is 4.75. The number of H-pyrrole nitrogens is 1. The summed E-state index contributed by atoms with van der Waals surface area (Å²) < 4.78 is 11.2. The molecule has 5 heteroatoms. The van der Waals surface area contributed by atoms with Gasteiger partial charge in [0.15, 0.2) is 0 Å². The Morgan fingerprint density at radius 2 is 2.14 bits per heavy atom. The first kappa shape index (κ1) is 14.4. The summed E-state index contributed by atoms with van der Waals surface area (Å²) in [6.07, 6.45) is 2.92. The van der Waals surface area contributed by atoms with E-state index in [0.717, 1.165) is 50.5 Å². The van der Waals surface area contributed by atoms with Gasteiger partial charge >= 0.3 is 0 Å². The number of nitrogens with zero attached hydrogens (tertiary/aromatic N) is 1. The highest BCUT2D eigenvalue weighted by molar-refractivity contribution is 5.84. The molecule has 0 bridgehead atoms. The number of nitrogens with one attached hydrogen (secondary N) is 1. The highest BCUT2D eigenvalue weighted by Crippen LogP contribution is 2.24. The molecule has 0 aliphatic carbocycles. The first-order chi connectivity index (χ1) is 10.4. The fourth-order valence-corrected chi connectivity index (χ4v) is 2.73. The maximum Gasteiger partial charge on any atom is 0.120 e. The number of aromatic nitrogens is 1. The Bertz CT molecular complexity index is 576. The molecular formula is C16H23N3O2. The van der Waals surface area contributed by atoms with E-state index in [1.807, 2.05) is 12.3 Å². The van der Waals surface area contributed by atoms with Gasteiger partial charge in [-0.1, -0.05) is 0 Å². The van der Waals surface area contributed by atoms with E-state index >= 15 is 0 Å². The van der Waals surface area contributed by atoms with E-state index in [0.29, 0.717) is 13.2 Å². The van der Waals surface area contributed by atoms with Gasteiger partial charge in [0.05, 0.1) is 13.2 Å². The molecule has 0 amide bonds. The molecule has 1 saturated heterocycles. The summed E-state index contributed by atoms with van der Waals surface area (Å²) in [5.74, 6) is 0.925. The van der Waals surface area contributed by atoms with Gasteiger partial charge in [-0.05, 0) is 36.7 Å². The predicted molar refractivity (Wildman–Crippen MR) is 83.8 cm³/mol. The number of morpholine rings is 1. The van der Waals surface area contributed by atoms with Crippen LogP contribution in [0.3, 0.4) is 0 Å². The van der Waals surface area contributed by atoms with Gasteiger partial charge in [0.1, 0.15) is 12.4 Å². The van der Waals surface area contributed by atoms with Gasteiger partial charge in [-0.25, -0.2) is 0 Å². The molecule has 1 aromatic carbocycles. The zero-order valence-electron chi connectivity index (χ0n) is 12.3. The number of rotatable bonds is 6. The van der Waals surface area contributed by atoms with E-state index in [2.05, 4.69) is 22.0 Å². The summed E-state index contributed by atoms with van der Waals surface area (Å²) >= 11 is 0. The van der Waals surface area contributed by atoms with E-state index in [9.17, 15) is 0 Å². The normalized spacial score (nSPS) is 16.4. The van der Waals surface area contributed by atoms with Gasteiger partial charge in [0.2, 0.25) is 0 Å². The standard InChI is InChI=1S/C16H23N3O2/c17-4-3-13-12-18-16-2-1-14(11-15(13)16)21-10-7-19-5-8-20-9-6-19/h1-2,11-12,18H,3-10,17H2. The summed E-state index contributed by atoms with van der Waals surface area (Å²) in [5, 5.41) is 1.21.